The Bertz CT molecular complexity index is 314. The van der Waals surface area contributed by atoms with E-state index in [2.05, 4.69) is 5.32 Å². The molecule has 0 aromatic carbocycles. The van der Waals surface area contributed by atoms with Crippen molar-refractivity contribution < 1.29 is 24.9 Å². The average molecular weight is 401 g/mol. The largest absolute Gasteiger partial charge is 0.480 e. The van der Waals surface area contributed by atoms with Gasteiger partial charge in [0.15, 0.2) is 0 Å². The van der Waals surface area contributed by atoms with Crippen molar-refractivity contribution in [2.45, 2.75) is 50.3 Å². The van der Waals surface area contributed by atoms with E-state index in [1.54, 1.807) is 0 Å². The lowest BCUT2D eigenvalue weighted by atomic mass is 10.1. The highest BCUT2D eigenvalue weighted by Crippen LogP contribution is 2.01. The summed E-state index contributed by atoms with van der Waals surface area (Å²) in [5, 5.41) is 29.8. The number of aliphatic carboxylic acids is 2. The molecule has 0 fully saturated rings. The van der Waals surface area contributed by atoms with Crippen molar-refractivity contribution in [3.8, 4) is 0 Å². The third kappa shape index (κ3) is 17.8. The number of hydrogen-bond donors (Lipinski definition) is 6. The van der Waals surface area contributed by atoms with Crippen LogP contribution in [0.2, 0.25) is 0 Å². The summed E-state index contributed by atoms with van der Waals surface area (Å²) < 4.78 is 0. The van der Waals surface area contributed by atoms with Gasteiger partial charge in [0.05, 0.1) is 6.10 Å². The monoisotopic (exact) mass is 399 g/mol. The minimum Gasteiger partial charge on any atom is -0.480 e. The van der Waals surface area contributed by atoms with Gasteiger partial charge in [-0.1, -0.05) is 6.42 Å². The second kappa shape index (κ2) is 18.0. The van der Waals surface area contributed by atoms with E-state index in [9.17, 15) is 14.7 Å². The predicted molar refractivity (Wildman–Crippen MR) is 94.9 cm³/mol. The summed E-state index contributed by atoms with van der Waals surface area (Å²) in [7, 11) is 0. The Morgan fingerprint density at radius 1 is 0.870 bits per heavy atom. The van der Waals surface area contributed by atoms with Crippen LogP contribution in [0.3, 0.4) is 0 Å². The number of carbonyl (C=O) groups is 2. The van der Waals surface area contributed by atoms with Gasteiger partial charge >= 0.3 is 11.9 Å². The van der Waals surface area contributed by atoms with Crippen LogP contribution in [0.25, 0.3) is 0 Å². The van der Waals surface area contributed by atoms with Crippen molar-refractivity contribution in [3.63, 3.8) is 0 Å². The van der Waals surface area contributed by atoms with E-state index in [0.29, 0.717) is 32.4 Å². The van der Waals surface area contributed by atoms with Crippen molar-refractivity contribution >= 4 is 49.2 Å². The molecule has 0 radical (unpaired) electrons. The van der Waals surface area contributed by atoms with E-state index in [1.165, 1.54) is 0 Å². The second-order valence-corrected chi connectivity index (χ2v) is 4.82. The van der Waals surface area contributed by atoms with Crippen molar-refractivity contribution in [2.24, 2.45) is 11.5 Å². The first-order valence-electron chi connectivity index (χ1n) is 6.70. The predicted octanol–water partition coefficient (Wildman–Crippen LogP) is -0.0234. The molecule has 8 N–H and O–H groups in total. The molecule has 0 heterocycles. The van der Waals surface area contributed by atoms with Crippen LogP contribution in [-0.4, -0.2) is 58.5 Å². The Hall–Kier alpha value is -0.350. The van der Waals surface area contributed by atoms with E-state index < -0.39 is 30.1 Å². The molecule has 3 atom stereocenters. The third-order valence-corrected chi connectivity index (χ3v) is 2.94. The maximum Gasteiger partial charge on any atom is 0.320 e. The van der Waals surface area contributed by atoms with Gasteiger partial charge in [-0.05, 0) is 32.2 Å². The Kier molecular flexibility index (Phi) is 23.9. The number of hydrogen-bond acceptors (Lipinski definition) is 6. The van der Waals surface area contributed by atoms with Gasteiger partial charge in [0.25, 0.3) is 0 Å². The fourth-order valence-corrected chi connectivity index (χ4v) is 1.60. The number of carboxylic acid groups (broad SMARTS) is 2. The number of carboxylic acids is 2. The number of aliphatic hydroxyl groups is 1. The second-order valence-electron chi connectivity index (χ2n) is 4.82. The molecule has 0 bridgehead atoms. The molecule has 0 rings (SSSR count). The fourth-order valence-electron chi connectivity index (χ4n) is 1.60. The number of nitrogens with one attached hydrogen (secondary N) is 1. The van der Waals surface area contributed by atoms with E-state index in [4.69, 9.17) is 21.7 Å². The van der Waals surface area contributed by atoms with Gasteiger partial charge in [0.2, 0.25) is 0 Å². The van der Waals surface area contributed by atoms with Crippen LogP contribution in [0, 0.1) is 0 Å². The summed E-state index contributed by atoms with van der Waals surface area (Å²) in [6.45, 7) is 1.01. The summed E-state index contributed by atoms with van der Waals surface area (Å²) in [6, 6.07) is -1.76. The number of rotatable bonds is 12. The molecule has 8 nitrogen and oxygen atoms in total. The molecule has 11 heteroatoms. The normalized spacial score (nSPS) is 13.5. The molecular formula is C12H28Cl3N3O5. The minimum absolute atomic E-state index is 0. The maximum absolute atomic E-state index is 10.5. The topological polar surface area (TPSA) is 159 Å². The number of unbranched alkanes of at least 4 members (excludes halogenated alkanes) is 1. The van der Waals surface area contributed by atoms with Crippen molar-refractivity contribution in [3.05, 3.63) is 0 Å². The van der Waals surface area contributed by atoms with E-state index in [1.807, 2.05) is 0 Å². The molecule has 0 aliphatic heterocycles. The summed E-state index contributed by atoms with van der Waals surface area (Å²) >= 11 is 0. The highest BCUT2D eigenvalue weighted by molar-refractivity contribution is 5.86. The minimum atomic E-state index is -1.07. The Balaban J connectivity index is -0.000000602. The van der Waals surface area contributed by atoms with Crippen LogP contribution >= 0.6 is 37.2 Å². The molecule has 0 aromatic heterocycles. The van der Waals surface area contributed by atoms with Crippen LogP contribution in [0.5, 0.6) is 0 Å². The molecule has 0 saturated carbocycles. The summed E-state index contributed by atoms with van der Waals surface area (Å²) in [5.74, 6) is -2.07. The summed E-state index contributed by atoms with van der Waals surface area (Å²) in [4.78, 5) is 20.9. The lowest BCUT2D eigenvalue weighted by Crippen LogP contribution is -2.33. The highest BCUT2D eigenvalue weighted by Gasteiger charge is 2.14. The van der Waals surface area contributed by atoms with Crippen molar-refractivity contribution in [2.75, 3.05) is 13.1 Å². The molecule has 23 heavy (non-hydrogen) atoms. The smallest absolute Gasteiger partial charge is 0.320 e. The fraction of sp³-hybridized carbons (Fsp3) is 0.833. The van der Waals surface area contributed by atoms with E-state index in [-0.39, 0.29) is 43.6 Å². The summed E-state index contributed by atoms with van der Waals surface area (Å²) in [5.41, 5.74) is 10.7. The SMILES string of the molecule is Cl.Cl.Cl.N[C@@H](CCCCNC[C@H](O)CC[C@H](N)C(=O)O)C(=O)O. The Morgan fingerprint density at radius 3 is 1.83 bits per heavy atom. The first-order chi connectivity index (χ1) is 9.34. The molecule has 0 amide bonds. The van der Waals surface area contributed by atoms with Crippen molar-refractivity contribution in [1.29, 1.82) is 0 Å². The molecule has 0 unspecified atom stereocenters. The zero-order chi connectivity index (χ0) is 15.5. The lowest BCUT2D eigenvalue weighted by Gasteiger charge is -2.13. The van der Waals surface area contributed by atoms with Gasteiger partial charge in [0, 0.05) is 6.54 Å². The average Bonchev–Trinajstić information content (AvgIpc) is 2.39. The van der Waals surface area contributed by atoms with E-state index >= 15 is 0 Å². The Morgan fingerprint density at radius 2 is 1.35 bits per heavy atom. The van der Waals surface area contributed by atoms with Crippen molar-refractivity contribution in [1.82, 2.24) is 5.32 Å². The molecule has 0 saturated heterocycles. The third-order valence-electron chi connectivity index (χ3n) is 2.94. The first kappa shape index (κ1) is 30.5. The first-order valence-corrected chi connectivity index (χ1v) is 6.70. The van der Waals surface area contributed by atoms with Crippen LogP contribution in [0.15, 0.2) is 0 Å². The molecule has 0 aliphatic carbocycles. The van der Waals surface area contributed by atoms with Gasteiger partial charge in [0.1, 0.15) is 12.1 Å². The number of halogens is 3. The van der Waals surface area contributed by atoms with Crippen LogP contribution in [0.4, 0.5) is 0 Å². The zero-order valence-corrected chi connectivity index (χ0v) is 15.2. The maximum atomic E-state index is 10.5. The van der Waals surface area contributed by atoms with Gasteiger partial charge in [-0.15, -0.1) is 37.2 Å². The van der Waals surface area contributed by atoms with Crippen LogP contribution in [0.1, 0.15) is 32.1 Å². The van der Waals surface area contributed by atoms with E-state index in [0.717, 1.165) is 6.42 Å². The number of nitrogens with two attached hydrogens (primary N) is 2. The molecular weight excluding hydrogens is 373 g/mol. The van der Waals surface area contributed by atoms with Gasteiger partial charge in [-0.25, -0.2) is 0 Å². The molecule has 0 spiro atoms. The zero-order valence-electron chi connectivity index (χ0n) is 12.7. The molecule has 142 valence electrons. The number of aliphatic hydroxyl groups excluding tert-OH is 1. The quantitative estimate of drug-likeness (QED) is 0.249. The lowest BCUT2D eigenvalue weighted by molar-refractivity contribution is -0.139. The standard InChI is InChI=1S/C12H25N3O5.3ClH/c13-9(11(17)18)3-1-2-6-15-7-8(16)4-5-10(14)12(19)20;;;/h8-10,15-16H,1-7,13-14H2,(H,17,18)(H,19,20);3*1H/t8-,9+,10+;;;/m1.../s1. The Labute approximate surface area is 154 Å². The van der Waals surface area contributed by atoms with Gasteiger partial charge < -0.3 is 32.1 Å². The van der Waals surface area contributed by atoms with Gasteiger partial charge in [-0.2, -0.15) is 0 Å². The summed E-state index contributed by atoms with van der Waals surface area (Å²) in [6.07, 6.45) is 1.80. The van der Waals surface area contributed by atoms with Crippen LogP contribution in [-0.2, 0) is 9.59 Å². The van der Waals surface area contributed by atoms with Gasteiger partial charge in [-0.3, -0.25) is 9.59 Å². The molecule has 0 aromatic rings. The molecule has 0 aliphatic rings. The highest BCUT2D eigenvalue weighted by atomic mass is 35.5. The van der Waals surface area contributed by atoms with Crippen LogP contribution < -0.4 is 16.8 Å².